The van der Waals surface area contributed by atoms with Gasteiger partial charge in [0.2, 0.25) is 5.91 Å². The predicted molar refractivity (Wildman–Crippen MR) is 76.0 cm³/mol. The van der Waals surface area contributed by atoms with E-state index >= 15 is 0 Å². The Kier molecular flexibility index (Phi) is 6.11. The van der Waals surface area contributed by atoms with Gasteiger partial charge >= 0.3 is 0 Å². The molecule has 0 spiro atoms. The van der Waals surface area contributed by atoms with Gasteiger partial charge in [0, 0.05) is 31.2 Å². The molecule has 1 heterocycles. The molecule has 2 aliphatic rings. The minimum atomic E-state index is 0.185. The Hall–Kier alpha value is -0.610. The third-order valence-corrected chi connectivity index (χ3v) is 4.35. The van der Waals surface area contributed by atoms with Crippen molar-refractivity contribution >= 4 is 5.91 Å². The summed E-state index contributed by atoms with van der Waals surface area (Å²) in [6.45, 7) is 4.80. The molecule has 2 rings (SSSR count). The second-order valence-electron chi connectivity index (χ2n) is 5.90. The summed E-state index contributed by atoms with van der Waals surface area (Å²) >= 11 is 0. The molecular weight excluding hydrogens is 240 g/mol. The minimum absolute atomic E-state index is 0.185. The molecule has 1 aliphatic carbocycles. The summed E-state index contributed by atoms with van der Waals surface area (Å²) < 4.78 is 5.30. The van der Waals surface area contributed by atoms with Crippen molar-refractivity contribution in [3.63, 3.8) is 0 Å². The van der Waals surface area contributed by atoms with Crippen LogP contribution in [0.25, 0.3) is 0 Å². The van der Waals surface area contributed by atoms with Gasteiger partial charge in [-0.15, -0.1) is 0 Å². The number of rotatable bonds is 5. The Morgan fingerprint density at radius 2 is 1.68 bits per heavy atom. The lowest BCUT2D eigenvalue weighted by molar-refractivity contribution is -0.128. The third-order valence-electron chi connectivity index (χ3n) is 4.35. The van der Waals surface area contributed by atoms with Crippen LogP contribution < -0.4 is 10.6 Å². The van der Waals surface area contributed by atoms with Gasteiger partial charge in [0.25, 0.3) is 0 Å². The lowest BCUT2D eigenvalue weighted by Gasteiger charge is -2.31. The van der Waals surface area contributed by atoms with Gasteiger partial charge in [-0.05, 0) is 51.5 Å². The molecule has 0 aromatic carbocycles. The molecule has 0 atom stereocenters. The van der Waals surface area contributed by atoms with E-state index in [1.54, 1.807) is 0 Å². The number of carbonyl (C=O) groups is 1. The van der Waals surface area contributed by atoms with Crippen LogP contribution >= 0.6 is 0 Å². The zero-order chi connectivity index (χ0) is 13.5. The van der Waals surface area contributed by atoms with E-state index in [0.29, 0.717) is 12.1 Å². The summed E-state index contributed by atoms with van der Waals surface area (Å²) in [7, 11) is 0. The predicted octanol–water partition coefficient (Wildman–Crippen LogP) is 1.84. The van der Waals surface area contributed by atoms with Gasteiger partial charge in [-0.3, -0.25) is 4.79 Å². The largest absolute Gasteiger partial charge is 0.381 e. The third kappa shape index (κ3) is 4.77. The Morgan fingerprint density at radius 3 is 2.32 bits per heavy atom. The first-order chi connectivity index (χ1) is 9.29. The van der Waals surface area contributed by atoms with Gasteiger partial charge in [-0.25, -0.2) is 0 Å². The number of hydrogen-bond donors (Lipinski definition) is 2. The molecule has 2 fully saturated rings. The van der Waals surface area contributed by atoms with Crippen molar-refractivity contribution in [1.29, 1.82) is 0 Å². The van der Waals surface area contributed by atoms with E-state index in [1.165, 1.54) is 19.3 Å². The van der Waals surface area contributed by atoms with Crippen LogP contribution in [-0.4, -0.2) is 37.7 Å². The molecule has 19 heavy (non-hydrogen) atoms. The van der Waals surface area contributed by atoms with E-state index in [2.05, 4.69) is 17.6 Å². The van der Waals surface area contributed by atoms with Gasteiger partial charge in [-0.2, -0.15) is 0 Å². The van der Waals surface area contributed by atoms with E-state index in [4.69, 9.17) is 4.74 Å². The molecule has 4 heteroatoms. The number of carbonyl (C=O) groups excluding carboxylic acids is 1. The molecule has 110 valence electrons. The topological polar surface area (TPSA) is 50.4 Å². The van der Waals surface area contributed by atoms with Crippen molar-refractivity contribution in [2.75, 3.05) is 19.8 Å². The summed E-state index contributed by atoms with van der Waals surface area (Å²) in [5, 5.41) is 6.82. The Balaban J connectivity index is 1.65. The summed E-state index contributed by atoms with van der Waals surface area (Å²) in [5.74, 6) is 0.443. The van der Waals surface area contributed by atoms with Crippen LogP contribution in [0.2, 0.25) is 0 Å². The molecule has 0 unspecified atom stereocenters. The molecule has 4 nitrogen and oxygen atoms in total. The molecule has 1 aliphatic heterocycles. The number of hydrogen-bond acceptors (Lipinski definition) is 3. The standard InChI is InChI=1S/C15H28N2O2/c1-2-9-16-13-3-5-14(6-4-13)17-15(18)12-7-10-19-11-8-12/h12-14,16H,2-11H2,1H3,(H,17,18). The highest BCUT2D eigenvalue weighted by atomic mass is 16.5. The fourth-order valence-electron chi connectivity index (χ4n) is 3.07. The molecule has 1 saturated heterocycles. The zero-order valence-electron chi connectivity index (χ0n) is 12.1. The van der Waals surface area contributed by atoms with Crippen molar-refractivity contribution < 1.29 is 9.53 Å². The van der Waals surface area contributed by atoms with Crippen LogP contribution in [0.5, 0.6) is 0 Å². The van der Waals surface area contributed by atoms with Crippen molar-refractivity contribution in [2.24, 2.45) is 5.92 Å². The molecule has 0 aromatic rings. The highest BCUT2D eigenvalue weighted by molar-refractivity contribution is 5.79. The molecule has 1 saturated carbocycles. The Bertz CT molecular complexity index is 269. The van der Waals surface area contributed by atoms with Crippen molar-refractivity contribution in [3.05, 3.63) is 0 Å². The van der Waals surface area contributed by atoms with Crippen LogP contribution in [0.4, 0.5) is 0 Å². The smallest absolute Gasteiger partial charge is 0.223 e. The summed E-state index contributed by atoms with van der Waals surface area (Å²) in [5.41, 5.74) is 0. The number of ether oxygens (including phenoxy) is 1. The van der Waals surface area contributed by atoms with Gasteiger partial charge in [0.1, 0.15) is 0 Å². The van der Waals surface area contributed by atoms with Gasteiger partial charge < -0.3 is 15.4 Å². The fraction of sp³-hybridized carbons (Fsp3) is 0.933. The zero-order valence-corrected chi connectivity index (χ0v) is 12.1. The summed E-state index contributed by atoms with van der Waals surface area (Å²) in [4.78, 5) is 12.1. The average Bonchev–Trinajstić information content (AvgIpc) is 2.47. The van der Waals surface area contributed by atoms with Gasteiger partial charge in [0.15, 0.2) is 0 Å². The maximum Gasteiger partial charge on any atom is 0.223 e. The second kappa shape index (κ2) is 7.85. The highest BCUT2D eigenvalue weighted by Crippen LogP contribution is 2.20. The SMILES string of the molecule is CCCNC1CCC(NC(=O)C2CCOCC2)CC1. The number of amides is 1. The molecule has 2 N–H and O–H groups in total. The summed E-state index contributed by atoms with van der Waals surface area (Å²) in [6, 6.07) is 1.06. The first-order valence-corrected chi connectivity index (χ1v) is 7.91. The normalized spacial score (nSPS) is 29.1. The average molecular weight is 268 g/mol. The Labute approximate surface area is 116 Å². The second-order valence-corrected chi connectivity index (χ2v) is 5.90. The van der Waals surface area contributed by atoms with Crippen LogP contribution in [0.1, 0.15) is 51.9 Å². The van der Waals surface area contributed by atoms with Crippen molar-refractivity contribution in [3.8, 4) is 0 Å². The minimum Gasteiger partial charge on any atom is -0.381 e. The van der Waals surface area contributed by atoms with E-state index in [0.717, 1.165) is 45.4 Å². The van der Waals surface area contributed by atoms with Crippen molar-refractivity contribution in [2.45, 2.75) is 64.0 Å². The first kappa shape index (κ1) is 14.8. The van der Waals surface area contributed by atoms with E-state index in [1.807, 2.05) is 0 Å². The first-order valence-electron chi connectivity index (χ1n) is 7.91. The molecule has 0 aromatic heterocycles. The van der Waals surface area contributed by atoms with E-state index in [-0.39, 0.29) is 11.8 Å². The maximum atomic E-state index is 12.1. The quantitative estimate of drug-likeness (QED) is 0.800. The maximum absolute atomic E-state index is 12.1. The number of nitrogens with one attached hydrogen (secondary N) is 2. The van der Waals surface area contributed by atoms with Gasteiger partial charge in [0.05, 0.1) is 0 Å². The lowest BCUT2D eigenvalue weighted by Crippen LogP contribution is -2.45. The van der Waals surface area contributed by atoms with Crippen LogP contribution in [0.15, 0.2) is 0 Å². The van der Waals surface area contributed by atoms with Crippen LogP contribution in [-0.2, 0) is 9.53 Å². The lowest BCUT2D eigenvalue weighted by atomic mass is 9.90. The van der Waals surface area contributed by atoms with Gasteiger partial charge in [-0.1, -0.05) is 6.92 Å². The molecule has 1 amide bonds. The molecular formula is C15H28N2O2. The Morgan fingerprint density at radius 1 is 1.05 bits per heavy atom. The van der Waals surface area contributed by atoms with E-state index in [9.17, 15) is 4.79 Å². The fourth-order valence-corrected chi connectivity index (χ4v) is 3.07. The van der Waals surface area contributed by atoms with Crippen LogP contribution in [0.3, 0.4) is 0 Å². The highest BCUT2D eigenvalue weighted by Gasteiger charge is 2.26. The molecule has 0 radical (unpaired) electrons. The monoisotopic (exact) mass is 268 g/mol. The van der Waals surface area contributed by atoms with Crippen LogP contribution in [0, 0.1) is 5.92 Å². The molecule has 0 bridgehead atoms. The van der Waals surface area contributed by atoms with E-state index < -0.39 is 0 Å². The van der Waals surface area contributed by atoms with Crippen molar-refractivity contribution in [1.82, 2.24) is 10.6 Å². The summed E-state index contributed by atoms with van der Waals surface area (Å²) in [6.07, 6.45) is 7.60.